The fourth-order valence-corrected chi connectivity index (χ4v) is 3.67. The van der Waals surface area contributed by atoms with E-state index in [-0.39, 0.29) is 11.9 Å². The number of ether oxygens (including phenoxy) is 2. The number of likely N-dealkylation sites (N-methyl/N-ethyl adjacent to an activating group) is 1. The number of rotatable bonds is 8. The van der Waals surface area contributed by atoms with Gasteiger partial charge in [-0.25, -0.2) is 0 Å². The van der Waals surface area contributed by atoms with Gasteiger partial charge in [0, 0.05) is 5.56 Å². The summed E-state index contributed by atoms with van der Waals surface area (Å²) >= 11 is 0. The zero-order chi connectivity index (χ0) is 20.8. The van der Waals surface area contributed by atoms with E-state index in [1.165, 1.54) is 10.8 Å². The van der Waals surface area contributed by atoms with Crippen LogP contribution in [-0.2, 0) is 11.3 Å². The second-order valence-corrected chi connectivity index (χ2v) is 7.36. The number of benzene rings is 3. The zero-order valence-corrected chi connectivity index (χ0v) is 17.5. The van der Waals surface area contributed by atoms with Gasteiger partial charge in [-0.2, -0.15) is 0 Å². The van der Waals surface area contributed by atoms with Gasteiger partial charge in [0.15, 0.2) is 18.0 Å². The highest BCUT2D eigenvalue weighted by molar-refractivity contribution is 5.87. The molecule has 0 saturated heterocycles. The van der Waals surface area contributed by atoms with Crippen molar-refractivity contribution in [3.05, 3.63) is 71.8 Å². The average Bonchev–Trinajstić information content (AvgIpc) is 2.72. The van der Waals surface area contributed by atoms with Crippen LogP contribution < -0.4 is 19.7 Å². The van der Waals surface area contributed by atoms with Gasteiger partial charge in [0.1, 0.15) is 6.54 Å². The Bertz CT molecular complexity index is 982. The van der Waals surface area contributed by atoms with Gasteiger partial charge in [-0.05, 0) is 41.5 Å². The highest BCUT2D eigenvalue weighted by Gasteiger charge is 2.16. The fraction of sp³-hybridized carbons (Fsp3) is 0.292. The van der Waals surface area contributed by atoms with Crippen LogP contribution in [0.5, 0.6) is 11.5 Å². The van der Waals surface area contributed by atoms with Crippen molar-refractivity contribution in [2.45, 2.75) is 19.5 Å². The van der Waals surface area contributed by atoms with E-state index < -0.39 is 0 Å². The maximum atomic E-state index is 12.6. The number of methoxy groups -OCH3 is 2. The van der Waals surface area contributed by atoms with E-state index in [1.807, 2.05) is 50.4 Å². The number of amides is 1. The van der Waals surface area contributed by atoms with Crippen LogP contribution >= 0.6 is 0 Å². The summed E-state index contributed by atoms with van der Waals surface area (Å²) in [6, 6.07) is 20.3. The van der Waals surface area contributed by atoms with Crippen LogP contribution in [0, 0.1) is 0 Å². The maximum absolute atomic E-state index is 12.6. The topological polar surface area (TPSA) is 52.0 Å². The lowest BCUT2D eigenvalue weighted by atomic mass is 10.00. The van der Waals surface area contributed by atoms with Crippen molar-refractivity contribution in [1.82, 2.24) is 5.32 Å². The smallest absolute Gasteiger partial charge is 0.275 e. The molecule has 29 heavy (non-hydrogen) atoms. The van der Waals surface area contributed by atoms with Gasteiger partial charge < -0.3 is 19.7 Å². The molecule has 0 saturated carbocycles. The Morgan fingerprint density at radius 3 is 2.48 bits per heavy atom. The van der Waals surface area contributed by atoms with Crippen molar-refractivity contribution in [3.8, 4) is 11.5 Å². The molecule has 1 unspecified atom stereocenters. The normalized spacial score (nSPS) is 13.0. The van der Waals surface area contributed by atoms with Crippen molar-refractivity contribution >= 4 is 16.7 Å². The molecule has 0 aromatic heterocycles. The Labute approximate surface area is 172 Å². The van der Waals surface area contributed by atoms with Crippen molar-refractivity contribution in [2.24, 2.45) is 0 Å². The molecule has 3 rings (SSSR count). The first kappa shape index (κ1) is 20.7. The molecule has 0 aliphatic heterocycles. The summed E-state index contributed by atoms with van der Waals surface area (Å²) < 4.78 is 10.6. The maximum Gasteiger partial charge on any atom is 0.275 e. The molecule has 0 radical (unpaired) electrons. The Morgan fingerprint density at radius 2 is 1.72 bits per heavy atom. The van der Waals surface area contributed by atoms with Crippen LogP contribution in [0.2, 0.25) is 0 Å². The molecule has 0 heterocycles. The minimum absolute atomic E-state index is 0.0309. The molecule has 0 spiro atoms. The molecule has 152 valence electrons. The highest BCUT2D eigenvalue weighted by Crippen LogP contribution is 2.27. The summed E-state index contributed by atoms with van der Waals surface area (Å²) in [6.07, 6.45) is 0. The third-order valence-corrected chi connectivity index (χ3v) is 5.08. The average molecular weight is 394 g/mol. The van der Waals surface area contributed by atoms with Gasteiger partial charge in [-0.15, -0.1) is 0 Å². The molecule has 3 aromatic carbocycles. The van der Waals surface area contributed by atoms with Gasteiger partial charge in [0.05, 0.1) is 27.3 Å². The van der Waals surface area contributed by atoms with E-state index in [0.717, 1.165) is 22.6 Å². The van der Waals surface area contributed by atoms with Crippen LogP contribution in [0.25, 0.3) is 10.8 Å². The van der Waals surface area contributed by atoms with E-state index >= 15 is 0 Å². The number of hydrogen-bond acceptors (Lipinski definition) is 3. The van der Waals surface area contributed by atoms with Gasteiger partial charge >= 0.3 is 0 Å². The number of hydrogen-bond donors (Lipinski definition) is 2. The monoisotopic (exact) mass is 393 g/mol. The predicted octanol–water partition coefficient (Wildman–Crippen LogP) is 2.75. The Balaban J connectivity index is 1.61. The molecule has 0 fully saturated rings. The molecule has 5 nitrogen and oxygen atoms in total. The fourth-order valence-electron chi connectivity index (χ4n) is 3.67. The lowest BCUT2D eigenvalue weighted by Gasteiger charge is -2.19. The lowest BCUT2D eigenvalue weighted by Crippen LogP contribution is -3.08. The second kappa shape index (κ2) is 9.43. The standard InChI is InChI=1S/C24H28N2O3/c1-17(20-11-7-9-19-8-5-6-10-21(19)20)25-24(27)16-26(2)15-18-12-13-22(28-3)23(14-18)29-4/h5-14,17H,15-16H2,1-4H3,(H,25,27)/p+1/t17-/m1/s1. The first-order valence-electron chi connectivity index (χ1n) is 9.81. The summed E-state index contributed by atoms with van der Waals surface area (Å²) in [5.74, 6) is 1.44. The molecule has 1 amide bonds. The molecule has 2 N–H and O–H groups in total. The van der Waals surface area contributed by atoms with Crippen molar-refractivity contribution < 1.29 is 19.2 Å². The van der Waals surface area contributed by atoms with E-state index in [4.69, 9.17) is 9.47 Å². The summed E-state index contributed by atoms with van der Waals surface area (Å²) in [6.45, 7) is 3.14. The van der Waals surface area contributed by atoms with Gasteiger partial charge in [0.25, 0.3) is 5.91 Å². The van der Waals surface area contributed by atoms with E-state index in [2.05, 4.69) is 29.6 Å². The lowest BCUT2D eigenvalue weighted by molar-refractivity contribution is -0.885. The number of fused-ring (bicyclic) bond motifs is 1. The molecular weight excluding hydrogens is 364 g/mol. The predicted molar refractivity (Wildman–Crippen MR) is 116 cm³/mol. The van der Waals surface area contributed by atoms with Crippen molar-refractivity contribution in [3.63, 3.8) is 0 Å². The SMILES string of the molecule is COc1ccc(C[NH+](C)CC(=O)N[C@H](C)c2cccc3ccccc23)cc1OC. The van der Waals surface area contributed by atoms with Crippen molar-refractivity contribution in [2.75, 3.05) is 27.8 Å². The highest BCUT2D eigenvalue weighted by atomic mass is 16.5. The number of carbonyl (C=O) groups is 1. The molecule has 0 bridgehead atoms. The minimum atomic E-state index is -0.0533. The summed E-state index contributed by atoms with van der Waals surface area (Å²) in [5, 5.41) is 5.50. The van der Waals surface area contributed by atoms with E-state index in [9.17, 15) is 4.79 Å². The van der Waals surface area contributed by atoms with Crippen LogP contribution in [0.3, 0.4) is 0 Å². The Kier molecular flexibility index (Phi) is 6.73. The van der Waals surface area contributed by atoms with E-state index in [1.54, 1.807) is 14.2 Å². The summed E-state index contributed by atoms with van der Waals surface area (Å²) in [5.41, 5.74) is 2.23. The largest absolute Gasteiger partial charge is 0.493 e. The van der Waals surface area contributed by atoms with Crippen molar-refractivity contribution in [1.29, 1.82) is 0 Å². The van der Waals surface area contributed by atoms with Gasteiger partial charge in [0.2, 0.25) is 0 Å². The third-order valence-electron chi connectivity index (χ3n) is 5.08. The number of carbonyl (C=O) groups excluding carboxylic acids is 1. The quantitative estimate of drug-likeness (QED) is 0.619. The second-order valence-electron chi connectivity index (χ2n) is 7.36. The van der Waals surface area contributed by atoms with Crippen LogP contribution in [-0.4, -0.2) is 33.7 Å². The minimum Gasteiger partial charge on any atom is -0.493 e. The number of nitrogens with one attached hydrogen (secondary N) is 2. The van der Waals surface area contributed by atoms with Gasteiger partial charge in [-0.1, -0.05) is 42.5 Å². The van der Waals surface area contributed by atoms with Crippen LogP contribution in [0.4, 0.5) is 0 Å². The Morgan fingerprint density at radius 1 is 1.00 bits per heavy atom. The molecular formula is C24H29N2O3+. The molecule has 5 heteroatoms. The van der Waals surface area contributed by atoms with Crippen LogP contribution in [0.15, 0.2) is 60.7 Å². The molecule has 0 aliphatic rings. The summed E-state index contributed by atoms with van der Waals surface area (Å²) in [7, 11) is 5.26. The third kappa shape index (κ3) is 5.06. The van der Waals surface area contributed by atoms with Crippen LogP contribution in [0.1, 0.15) is 24.1 Å². The molecule has 3 aromatic rings. The molecule has 2 atom stereocenters. The number of quaternary nitrogens is 1. The zero-order valence-electron chi connectivity index (χ0n) is 17.5. The first-order valence-corrected chi connectivity index (χ1v) is 9.81. The van der Waals surface area contributed by atoms with Gasteiger partial charge in [-0.3, -0.25) is 4.79 Å². The Hall–Kier alpha value is -3.05. The molecule has 0 aliphatic carbocycles. The first-order chi connectivity index (χ1) is 14.0. The summed E-state index contributed by atoms with van der Waals surface area (Å²) in [4.78, 5) is 13.7. The van der Waals surface area contributed by atoms with E-state index in [0.29, 0.717) is 18.0 Å².